The number of carbonyl (C=O) groups excluding carboxylic acids is 1. The van der Waals surface area contributed by atoms with Crippen molar-refractivity contribution in [3.8, 4) is 5.75 Å². The Balaban J connectivity index is 1.54. The number of sulfonamides is 1. The highest BCUT2D eigenvalue weighted by Gasteiger charge is 2.20. The summed E-state index contributed by atoms with van der Waals surface area (Å²) in [6.07, 6.45) is 2.13. The maximum Gasteiger partial charge on any atom is 0.242 e. The molecule has 0 saturated heterocycles. The summed E-state index contributed by atoms with van der Waals surface area (Å²) < 4.78 is 33.0. The SMILES string of the molecule is COc1ccc(S(=O)(=O)N(C)CCCC(=O)Nn2cnc3ccccc32)cc1. The molecule has 0 spiro atoms. The van der Waals surface area contributed by atoms with E-state index in [1.165, 1.54) is 30.6 Å². The minimum absolute atomic E-state index is 0.185. The third kappa shape index (κ3) is 4.32. The topological polar surface area (TPSA) is 93.5 Å². The molecule has 0 bridgehead atoms. The molecule has 0 aliphatic carbocycles. The second kappa shape index (κ2) is 8.41. The van der Waals surface area contributed by atoms with Gasteiger partial charge in [0.15, 0.2) is 0 Å². The van der Waals surface area contributed by atoms with Crippen LogP contribution in [0.15, 0.2) is 59.8 Å². The van der Waals surface area contributed by atoms with E-state index < -0.39 is 10.0 Å². The highest BCUT2D eigenvalue weighted by Crippen LogP contribution is 2.19. The van der Waals surface area contributed by atoms with Crippen molar-refractivity contribution < 1.29 is 17.9 Å². The first-order valence-corrected chi connectivity index (χ1v) is 10.2. The molecule has 3 rings (SSSR count). The molecule has 0 saturated carbocycles. The number of hydrogen-bond donors (Lipinski definition) is 1. The number of fused-ring (bicyclic) bond motifs is 1. The fourth-order valence-electron chi connectivity index (χ4n) is 2.75. The van der Waals surface area contributed by atoms with E-state index in [0.29, 0.717) is 12.2 Å². The number of hydrogen-bond acceptors (Lipinski definition) is 5. The molecule has 0 fully saturated rings. The molecule has 1 aromatic heterocycles. The number of para-hydroxylation sites is 2. The number of imidazole rings is 1. The second-order valence-electron chi connectivity index (χ2n) is 6.24. The van der Waals surface area contributed by atoms with E-state index in [2.05, 4.69) is 10.4 Å². The number of nitrogens with one attached hydrogen (secondary N) is 1. The summed E-state index contributed by atoms with van der Waals surface area (Å²) in [7, 11) is -0.588. The molecule has 0 radical (unpaired) electrons. The van der Waals surface area contributed by atoms with Gasteiger partial charge in [-0.2, -0.15) is 0 Å². The molecule has 1 amide bonds. The van der Waals surface area contributed by atoms with Crippen LogP contribution in [0.5, 0.6) is 5.75 Å². The maximum absolute atomic E-state index is 12.6. The summed E-state index contributed by atoms with van der Waals surface area (Å²) in [5, 5.41) is 0. The summed E-state index contributed by atoms with van der Waals surface area (Å²) in [4.78, 5) is 16.6. The molecule has 0 aliphatic rings. The third-order valence-corrected chi connectivity index (χ3v) is 6.21. The largest absolute Gasteiger partial charge is 0.497 e. The number of nitrogens with zero attached hydrogens (tertiary/aromatic N) is 3. The number of methoxy groups -OCH3 is 1. The van der Waals surface area contributed by atoms with Crippen LogP contribution >= 0.6 is 0 Å². The Morgan fingerprint density at radius 3 is 2.61 bits per heavy atom. The smallest absolute Gasteiger partial charge is 0.242 e. The number of carbonyl (C=O) groups is 1. The van der Waals surface area contributed by atoms with Gasteiger partial charge in [-0.3, -0.25) is 10.2 Å². The molecule has 0 atom stereocenters. The highest BCUT2D eigenvalue weighted by molar-refractivity contribution is 7.89. The minimum atomic E-state index is -3.61. The van der Waals surface area contributed by atoms with Gasteiger partial charge < -0.3 is 4.74 Å². The molecule has 1 heterocycles. The average molecular weight is 402 g/mol. The zero-order valence-corrected chi connectivity index (χ0v) is 16.5. The van der Waals surface area contributed by atoms with E-state index in [1.54, 1.807) is 23.1 Å². The summed E-state index contributed by atoms with van der Waals surface area (Å²) in [5.74, 6) is 0.378. The minimum Gasteiger partial charge on any atom is -0.497 e. The Bertz CT molecular complexity index is 1060. The fraction of sp³-hybridized carbons (Fsp3) is 0.263. The van der Waals surface area contributed by atoms with E-state index in [0.717, 1.165) is 11.0 Å². The van der Waals surface area contributed by atoms with Crippen LogP contribution < -0.4 is 10.2 Å². The van der Waals surface area contributed by atoms with Crippen molar-refractivity contribution in [3.05, 3.63) is 54.9 Å². The van der Waals surface area contributed by atoms with E-state index in [-0.39, 0.29) is 23.8 Å². The lowest BCUT2D eigenvalue weighted by atomic mass is 10.3. The number of rotatable bonds is 8. The van der Waals surface area contributed by atoms with Crippen LogP contribution in [0.25, 0.3) is 11.0 Å². The van der Waals surface area contributed by atoms with Crippen LogP contribution in [-0.2, 0) is 14.8 Å². The monoisotopic (exact) mass is 402 g/mol. The predicted molar refractivity (Wildman–Crippen MR) is 106 cm³/mol. The molecule has 0 aliphatic heterocycles. The lowest BCUT2D eigenvalue weighted by molar-refractivity contribution is -0.117. The lowest BCUT2D eigenvalue weighted by Crippen LogP contribution is -2.29. The van der Waals surface area contributed by atoms with Crippen molar-refractivity contribution in [1.29, 1.82) is 0 Å². The summed E-state index contributed by atoms with van der Waals surface area (Å²) in [6.45, 7) is 0.229. The van der Waals surface area contributed by atoms with Gasteiger partial charge in [-0.05, 0) is 42.8 Å². The van der Waals surface area contributed by atoms with Crippen molar-refractivity contribution in [2.45, 2.75) is 17.7 Å². The standard InChI is InChI=1S/C19H22N4O4S/c1-22(28(25,26)16-11-9-15(27-2)10-12-16)13-5-8-19(24)21-23-14-20-17-6-3-4-7-18(17)23/h3-4,6-7,9-12,14H,5,8,13H2,1-2H3,(H,21,24). The summed E-state index contributed by atoms with van der Waals surface area (Å²) in [6, 6.07) is 13.7. The van der Waals surface area contributed by atoms with E-state index in [4.69, 9.17) is 4.74 Å². The van der Waals surface area contributed by atoms with Crippen molar-refractivity contribution in [3.63, 3.8) is 0 Å². The molecule has 2 aromatic carbocycles. The summed E-state index contributed by atoms with van der Waals surface area (Å²) in [5.41, 5.74) is 4.34. The first-order chi connectivity index (χ1) is 13.4. The van der Waals surface area contributed by atoms with Gasteiger partial charge in [0, 0.05) is 20.0 Å². The second-order valence-corrected chi connectivity index (χ2v) is 8.29. The van der Waals surface area contributed by atoms with Gasteiger partial charge in [-0.25, -0.2) is 22.4 Å². The molecule has 28 heavy (non-hydrogen) atoms. The number of ether oxygens (including phenoxy) is 1. The Labute approximate surface area is 163 Å². The molecule has 148 valence electrons. The Kier molecular flexibility index (Phi) is 5.96. The number of amides is 1. The van der Waals surface area contributed by atoms with E-state index >= 15 is 0 Å². The van der Waals surface area contributed by atoms with Crippen LogP contribution in [0.2, 0.25) is 0 Å². The Hall–Kier alpha value is -2.91. The quantitative estimate of drug-likeness (QED) is 0.624. The van der Waals surface area contributed by atoms with E-state index in [1.807, 2.05) is 24.3 Å². The van der Waals surface area contributed by atoms with Gasteiger partial charge in [0.05, 0.1) is 23.0 Å². The van der Waals surface area contributed by atoms with Gasteiger partial charge in [-0.1, -0.05) is 12.1 Å². The van der Waals surface area contributed by atoms with Crippen molar-refractivity contribution in [2.75, 3.05) is 26.1 Å². The van der Waals surface area contributed by atoms with Crippen molar-refractivity contribution >= 4 is 27.0 Å². The van der Waals surface area contributed by atoms with Gasteiger partial charge >= 0.3 is 0 Å². The first kappa shape index (κ1) is 19.8. The zero-order chi connectivity index (χ0) is 20.1. The van der Waals surface area contributed by atoms with Gasteiger partial charge in [0.2, 0.25) is 15.9 Å². The van der Waals surface area contributed by atoms with Crippen LogP contribution in [-0.4, -0.2) is 49.0 Å². The number of aromatic nitrogens is 2. The molecular weight excluding hydrogens is 380 g/mol. The van der Waals surface area contributed by atoms with Crippen LogP contribution in [0.1, 0.15) is 12.8 Å². The molecular formula is C19H22N4O4S. The summed E-state index contributed by atoms with van der Waals surface area (Å²) >= 11 is 0. The van der Waals surface area contributed by atoms with Crippen LogP contribution in [0, 0.1) is 0 Å². The van der Waals surface area contributed by atoms with Crippen LogP contribution in [0.4, 0.5) is 0 Å². The molecule has 8 nitrogen and oxygen atoms in total. The molecule has 0 unspecified atom stereocenters. The van der Waals surface area contributed by atoms with E-state index in [9.17, 15) is 13.2 Å². The number of benzene rings is 2. The van der Waals surface area contributed by atoms with Gasteiger partial charge in [0.25, 0.3) is 0 Å². The molecule has 9 heteroatoms. The Morgan fingerprint density at radius 1 is 1.18 bits per heavy atom. The zero-order valence-electron chi connectivity index (χ0n) is 15.7. The first-order valence-electron chi connectivity index (χ1n) is 8.74. The average Bonchev–Trinajstić information content (AvgIpc) is 3.10. The lowest BCUT2D eigenvalue weighted by Gasteiger charge is -2.17. The maximum atomic E-state index is 12.6. The van der Waals surface area contributed by atoms with Crippen LogP contribution in [0.3, 0.4) is 0 Å². The fourth-order valence-corrected chi connectivity index (χ4v) is 3.96. The van der Waals surface area contributed by atoms with Crippen molar-refractivity contribution in [1.82, 2.24) is 14.0 Å². The third-order valence-electron chi connectivity index (χ3n) is 4.34. The molecule has 1 N–H and O–H groups in total. The van der Waals surface area contributed by atoms with Crippen molar-refractivity contribution in [2.24, 2.45) is 0 Å². The van der Waals surface area contributed by atoms with Gasteiger partial charge in [-0.15, -0.1) is 0 Å². The predicted octanol–water partition coefficient (Wildman–Crippen LogP) is 2.22. The normalized spacial score (nSPS) is 11.7. The highest BCUT2D eigenvalue weighted by atomic mass is 32.2. The Morgan fingerprint density at radius 2 is 1.89 bits per heavy atom. The van der Waals surface area contributed by atoms with Gasteiger partial charge in [0.1, 0.15) is 12.1 Å². The molecule has 3 aromatic rings.